The molecule has 6 rings (SSSR count). The maximum Gasteiger partial charge on any atom is 0.212 e. The lowest BCUT2D eigenvalue weighted by molar-refractivity contribution is 0.398. The summed E-state index contributed by atoms with van der Waals surface area (Å²) in [7, 11) is 1.61. The molecule has 0 amide bonds. The second-order valence-corrected chi connectivity index (χ2v) is 7.68. The van der Waals surface area contributed by atoms with Crippen LogP contribution in [0.4, 0.5) is 0 Å². The molecule has 173 valence electrons. The number of allylic oxidation sites excluding steroid dienone is 3. The van der Waals surface area contributed by atoms with Crippen LogP contribution in [0.1, 0.15) is 49.5 Å². The van der Waals surface area contributed by atoms with Crippen LogP contribution in [0.15, 0.2) is 61.7 Å². The van der Waals surface area contributed by atoms with Gasteiger partial charge in [0.25, 0.3) is 0 Å². The van der Waals surface area contributed by atoms with Gasteiger partial charge in [-0.1, -0.05) is 45.2 Å². The van der Waals surface area contributed by atoms with Crippen molar-refractivity contribution in [3.63, 3.8) is 0 Å². The minimum atomic E-state index is 0. The Morgan fingerprint density at radius 1 is 1.09 bits per heavy atom. The molecule has 2 aliphatic rings. The molecule has 1 aliphatic heterocycles. The highest BCUT2D eigenvalue weighted by Gasteiger charge is 2.25. The molecule has 0 spiro atoms. The quantitative estimate of drug-likeness (QED) is 0.362. The smallest absolute Gasteiger partial charge is 0.212 e. The summed E-state index contributed by atoms with van der Waals surface area (Å²) in [6.45, 7) is 8.27. The Kier molecular flexibility index (Phi) is 6.45. The second-order valence-electron chi connectivity index (χ2n) is 7.68. The van der Waals surface area contributed by atoms with Crippen molar-refractivity contribution in [3.8, 4) is 17.3 Å². The third-order valence-electron chi connectivity index (χ3n) is 5.79. The van der Waals surface area contributed by atoms with Crippen LogP contribution >= 0.6 is 0 Å². The van der Waals surface area contributed by atoms with Crippen molar-refractivity contribution in [1.29, 1.82) is 0 Å². The summed E-state index contributed by atoms with van der Waals surface area (Å²) in [6.07, 6.45) is 11.1. The Labute approximate surface area is 200 Å². The minimum Gasteiger partial charge on any atom is -0.481 e. The van der Waals surface area contributed by atoms with E-state index in [-0.39, 0.29) is 7.43 Å². The first kappa shape index (κ1) is 23.2. The number of benzene rings is 1. The Morgan fingerprint density at radius 2 is 1.91 bits per heavy atom. The first-order chi connectivity index (χ1) is 16.2. The van der Waals surface area contributed by atoms with E-state index >= 15 is 0 Å². The van der Waals surface area contributed by atoms with Crippen molar-refractivity contribution >= 4 is 11.1 Å². The van der Waals surface area contributed by atoms with Crippen LogP contribution in [0.3, 0.4) is 0 Å². The number of imidazole rings is 1. The summed E-state index contributed by atoms with van der Waals surface area (Å²) in [5.74, 6) is 0.587. The van der Waals surface area contributed by atoms with Gasteiger partial charge in [-0.15, -0.1) is 5.10 Å². The molecule has 0 saturated carbocycles. The molecule has 0 unspecified atom stereocenters. The highest BCUT2D eigenvalue weighted by molar-refractivity contribution is 5.88. The maximum atomic E-state index is 5.15. The van der Waals surface area contributed by atoms with Crippen LogP contribution < -0.4 is 4.74 Å². The van der Waals surface area contributed by atoms with E-state index in [1.807, 2.05) is 43.2 Å². The summed E-state index contributed by atoms with van der Waals surface area (Å²) in [5, 5.41) is 8.53. The Balaban J connectivity index is 0.000000890. The number of methoxy groups -OCH3 is 1. The standard InChI is InChI=1S/C24H19N6O.C2H6.CH4/c1-15(18-6-8-24(31-2)25-12-18)9-20-22-11-19-13-27-28-30(19)23-10-17(16-3-4-16)5-7-21(23)29(22)14-26-20;1-2;/h3-8,10,12-14H,1,9,11H2,2H3;1-2H3;1H4. The van der Waals surface area contributed by atoms with E-state index in [4.69, 9.17) is 9.72 Å². The molecule has 1 aliphatic carbocycles. The number of hydrogen-bond donors (Lipinski definition) is 0. The van der Waals surface area contributed by atoms with Crippen LogP contribution in [0, 0.1) is 6.42 Å². The zero-order valence-corrected chi connectivity index (χ0v) is 19.0. The lowest BCUT2D eigenvalue weighted by Gasteiger charge is -2.11. The predicted octanol–water partition coefficient (Wildman–Crippen LogP) is 5.28. The average molecular weight is 454 g/mol. The van der Waals surface area contributed by atoms with E-state index in [1.165, 1.54) is 11.1 Å². The zero-order valence-electron chi connectivity index (χ0n) is 19.0. The zero-order chi connectivity index (χ0) is 22.9. The van der Waals surface area contributed by atoms with Gasteiger partial charge in [0.2, 0.25) is 5.88 Å². The van der Waals surface area contributed by atoms with E-state index in [1.54, 1.807) is 13.3 Å². The van der Waals surface area contributed by atoms with Gasteiger partial charge in [0, 0.05) is 31.5 Å². The molecule has 0 atom stereocenters. The van der Waals surface area contributed by atoms with Crippen LogP contribution in [-0.2, 0) is 12.8 Å². The van der Waals surface area contributed by atoms with Crippen molar-refractivity contribution in [3.05, 3.63) is 96.3 Å². The molecule has 7 nitrogen and oxygen atoms in total. The number of ether oxygens (including phenoxy) is 1. The molecule has 4 aromatic rings. The summed E-state index contributed by atoms with van der Waals surface area (Å²) < 4.78 is 9.24. The number of fused-ring (bicyclic) bond motifs is 5. The molecule has 7 heteroatoms. The van der Waals surface area contributed by atoms with Gasteiger partial charge in [-0.25, -0.2) is 14.6 Å². The lowest BCUT2D eigenvalue weighted by atomic mass is 10.0. The van der Waals surface area contributed by atoms with Crippen molar-refractivity contribution < 1.29 is 4.74 Å². The van der Waals surface area contributed by atoms with Gasteiger partial charge in [-0.05, 0) is 40.5 Å². The third-order valence-corrected chi connectivity index (χ3v) is 5.79. The number of pyridine rings is 1. The van der Waals surface area contributed by atoms with Gasteiger partial charge in [0.05, 0.1) is 48.1 Å². The van der Waals surface area contributed by atoms with Gasteiger partial charge in [0.1, 0.15) is 0 Å². The summed E-state index contributed by atoms with van der Waals surface area (Å²) in [4.78, 5) is 9.05. The molecule has 1 aromatic carbocycles. The first-order valence-electron chi connectivity index (χ1n) is 11.0. The predicted molar refractivity (Wildman–Crippen MR) is 135 cm³/mol. The van der Waals surface area contributed by atoms with Gasteiger partial charge in [0.15, 0.2) is 0 Å². The fourth-order valence-electron chi connectivity index (χ4n) is 4.03. The van der Waals surface area contributed by atoms with E-state index in [2.05, 4.69) is 57.1 Å². The topological polar surface area (TPSA) is 70.7 Å². The molecule has 0 saturated heterocycles. The van der Waals surface area contributed by atoms with Gasteiger partial charge in [-0.2, -0.15) is 0 Å². The maximum absolute atomic E-state index is 5.15. The average Bonchev–Trinajstić information content (AvgIpc) is 3.53. The molecule has 4 heterocycles. The fraction of sp³-hybridized carbons (Fsp3) is 0.222. The minimum absolute atomic E-state index is 0. The summed E-state index contributed by atoms with van der Waals surface area (Å²) >= 11 is 0. The number of hydrogen-bond acceptors (Lipinski definition) is 5. The normalized spacial score (nSPS) is 12.5. The van der Waals surface area contributed by atoms with Gasteiger partial charge >= 0.3 is 0 Å². The highest BCUT2D eigenvalue weighted by Crippen LogP contribution is 2.35. The van der Waals surface area contributed by atoms with Gasteiger partial charge in [-0.3, -0.25) is 0 Å². The third kappa shape index (κ3) is 4.05. The van der Waals surface area contributed by atoms with E-state index < -0.39 is 0 Å². The SMILES string of the molecule is C.C=C(Cc1ncn2c1Cc1cnnn1-c1cc(C3=C[CH]3)ccc1-2)c1ccc(OC)nc1.CC. The van der Waals surface area contributed by atoms with Gasteiger partial charge < -0.3 is 9.30 Å². The van der Waals surface area contributed by atoms with Crippen LogP contribution in [-0.4, -0.2) is 36.6 Å². The first-order valence-corrected chi connectivity index (χ1v) is 11.0. The van der Waals surface area contributed by atoms with E-state index in [0.717, 1.165) is 39.6 Å². The molecule has 0 bridgehead atoms. The van der Waals surface area contributed by atoms with E-state index in [0.29, 0.717) is 18.7 Å². The monoisotopic (exact) mass is 453 g/mol. The summed E-state index contributed by atoms with van der Waals surface area (Å²) in [6, 6.07) is 10.3. The molecule has 0 fully saturated rings. The number of nitrogens with zero attached hydrogens (tertiary/aromatic N) is 6. The molecule has 1 radical (unpaired) electrons. The number of rotatable bonds is 5. The fourth-order valence-corrected chi connectivity index (χ4v) is 4.03. The van der Waals surface area contributed by atoms with Crippen molar-refractivity contribution in [2.24, 2.45) is 0 Å². The molecule has 34 heavy (non-hydrogen) atoms. The molecular weight excluding hydrogens is 424 g/mol. The molecular formula is C27H29N6O. The Morgan fingerprint density at radius 3 is 2.62 bits per heavy atom. The summed E-state index contributed by atoms with van der Waals surface area (Å²) in [5.41, 5.74) is 9.56. The molecule has 3 aromatic heterocycles. The van der Waals surface area contributed by atoms with Crippen molar-refractivity contribution in [2.45, 2.75) is 34.1 Å². The Bertz CT molecular complexity index is 1360. The highest BCUT2D eigenvalue weighted by atomic mass is 16.5. The van der Waals surface area contributed by atoms with Crippen LogP contribution in [0.25, 0.3) is 22.5 Å². The number of aromatic nitrogens is 6. The van der Waals surface area contributed by atoms with Crippen molar-refractivity contribution in [1.82, 2.24) is 29.5 Å². The van der Waals surface area contributed by atoms with Crippen molar-refractivity contribution in [2.75, 3.05) is 7.11 Å². The Hall–Kier alpha value is -4.00. The van der Waals surface area contributed by atoms with Crippen LogP contribution in [0.5, 0.6) is 5.88 Å². The van der Waals surface area contributed by atoms with Crippen LogP contribution in [0.2, 0.25) is 0 Å². The van der Waals surface area contributed by atoms with E-state index in [9.17, 15) is 0 Å². The molecule has 0 N–H and O–H groups in total. The largest absolute Gasteiger partial charge is 0.481 e. The lowest BCUT2D eigenvalue weighted by Crippen LogP contribution is -2.03. The second kappa shape index (κ2) is 9.47.